The molecule has 0 aromatic carbocycles. The normalized spacial score (nSPS) is 10.2. The maximum Gasteiger partial charge on any atom is 0.325 e. The summed E-state index contributed by atoms with van der Waals surface area (Å²) in [6.07, 6.45) is 2.12. The molecule has 0 bridgehead atoms. The molecular weight excluding hydrogens is 416 g/mol. The maximum atomic E-state index is 12.3. The van der Waals surface area contributed by atoms with Crippen LogP contribution in [0.2, 0.25) is 0 Å². The van der Waals surface area contributed by atoms with Crippen LogP contribution in [0.25, 0.3) is 0 Å². The second-order valence-corrected chi connectivity index (χ2v) is 7.21. The van der Waals surface area contributed by atoms with E-state index in [2.05, 4.69) is 53.0 Å². The summed E-state index contributed by atoms with van der Waals surface area (Å²) in [5, 5.41) is 11.0. The Kier molecular flexibility index (Phi) is 15.0. The number of nitrogens with zero attached hydrogens (tertiary/aromatic N) is 1. The standard InChI is InChI=1S/C21H38N6O5/c1-6-17(7-2)10-23-16(4)9-25-18(28)11-26-19(29)13-27(14-21(31)32-5)20(30)12-24-15(3)8-22/h17,23-24H,3-4,6-14,22H2,1-2,5H3,(H,25,28)(H,26,29). The van der Waals surface area contributed by atoms with Gasteiger partial charge in [0, 0.05) is 24.5 Å². The number of nitrogens with two attached hydrogens (primary N) is 1. The molecule has 0 atom stereocenters. The van der Waals surface area contributed by atoms with Crippen molar-refractivity contribution in [3.8, 4) is 0 Å². The average Bonchev–Trinajstić information content (AvgIpc) is 2.79. The van der Waals surface area contributed by atoms with E-state index in [1.165, 1.54) is 7.11 Å². The Balaban J connectivity index is 4.48. The number of esters is 1. The highest BCUT2D eigenvalue weighted by Crippen LogP contribution is 2.05. The topological polar surface area (TPSA) is 155 Å². The average molecular weight is 455 g/mol. The van der Waals surface area contributed by atoms with E-state index in [1.807, 2.05) is 0 Å². The second-order valence-electron chi connectivity index (χ2n) is 7.21. The highest BCUT2D eigenvalue weighted by atomic mass is 16.5. The summed E-state index contributed by atoms with van der Waals surface area (Å²) in [6, 6.07) is 0. The van der Waals surface area contributed by atoms with Gasteiger partial charge in [0.25, 0.3) is 0 Å². The molecule has 0 aliphatic rings. The van der Waals surface area contributed by atoms with Gasteiger partial charge in [0.1, 0.15) is 13.1 Å². The van der Waals surface area contributed by atoms with Crippen LogP contribution in [-0.4, -0.2) is 81.5 Å². The van der Waals surface area contributed by atoms with Crippen molar-refractivity contribution in [2.75, 3.05) is 52.9 Å². The fourth-order valence-electron chi connectivity index (χ4n) is 2.44. The first kappa shape index (κ1) is 28.9. The summed E-state index contributed by atoms with van der Waals surface area (Å²) in [5.74, 6) is -1.66. The fraction of sp³-hybridized carbons (Fsp3) is 0.619. The van der Waals surface area contributed by atoms with Gasteiger partial charge in [-0.3, -0.25) is 19.2 Å². The minimum Gasteiger partial charge on any atom is -0.468 e. The van der Waals surface area contributed by atoms with E-state index in [0.29, 0.717) is 17.3 Å². The van der Waals surface area contributed by atoms with Crippen molar-refractivity contribution >= 4 is 23.7 Å². The number of carbonyl (C=O) groups excluding carboxylic acids is 4. The highest BCUT2D eigenvalue weighted by Gasteiger charge is 2.21. The fourth-order valence-corrected chi connectivity index (χ4v) is 2.44. The van der Waals surface area contributed by atoms with Crippen molar-refractivity contribution in [3.63, 3.8) is 0 Å². The molecule has 0 saturated carbocycles. The summed E-state index contributed by atoms with van der Waals surface area (Å²) < 4.78 is 4.56. The van der Waals surface area contributed by atoms with Gasteiger partial charge >= 0.3 is 5.97 Å². The molecule has 0 spiro atoms. The minimum absolute atomic E-state index is 0.139. The van der Waals surface area contributed by atoms with Crippen molar-refractivity contribution in [1.82, 2.24) is 26.2 Å². The van der Waals surface area contributed by atoms with Crippen LogP contribution in [0, 0.1) is 5.92 Å². The molecule has 6 N–H and O–H groups in total. The second kappa shape index (κ2) is 16.6. The zero-order valence-corrected chi connectivity index (χ0v) is 19.4. The van der Waals surface area contributed by atoms with E-state index in [4.69, 9.17) is 5.73 Å². The minimum atomic E-state index is -0.680. The Bertz CT molecular complexity index is 663. The van der Waals surface area contributed by atoms with Crippen LogP contribution in [0.4, 0.5) is 0 Å². The lowest BCUT2D eigenvalue weighted by molar-refractivity contribution is -0.147. The van der Waals surface area contributed by atoms with Crippen molar-refractivity contribution in [2.24, 2.45) is 11.7 Å². The van der Waals surface area contributed by atoms with E-state index in [0.717, 1.165) is 24.3 Å². The lowest BCUT2D eigenvalue weighted by atomic mass is 10.0. The molecule has 0 fully saturated rings. The Morgan fingerprint density at radius 1 is 0.875 bits per heavy atom. The molecule has 0 heterocycles. The summed E-state index contributed by atoms with van der Waals surface area (Å²) in [5.41, 5.74) is 6.52. The third-order valence-corrected chi connectivity index (χ3v) is 4.71. The first-order valence-corrected chi connectivity index (χ1v) is 10.6. The number of nitrogens with one attached hydrogen (secondary N) is 4. The van der Waals surface area contributed by atoms with E-state index >= 15 is 0 Å². The van der Waals surface area contributed by atoms with Gasteiger partial charge in [-0.2, -0.15) is 0 Å². The molecule has 182 valence electrons. The van der Waals surface area contributed by atoms with Crippen LogP contribution >= 0.6 is 0 Å². The molecule has 11 heteroatoms. The van der Waals surface area contributed by atoms with Gasteiger partial charge in [0.05, 0.1) is 26.7 Å². The Morgan fingerprint density at radius 3 is 2.06 bits per heavy atom. The number of rotatable bonds is 17. The molecule has 0 aromatic rings. The van der Waals surface area contributed by atoms with Crippen LogP contribution in [0.1, 0.15) is 26.7 Å². The van der Waals surface area contributed by atoms with Crippen LogP contribution in [0.5, 0.6) is 0 Å². The lowest BCUT2D eigenvalue weighted by Gasteiger charge is -2.21. The predicted octanol–water partition coefficient (Wildman–Crippen LogP) is -1.18. The maximum absolute atomic E-state index is 12.3. The third kappa shape index (κ3) is 13.3. The van der Waals surface area contributed by atoms with Crippen LogP contribution in [-0.2, 0) is 23.9 Å². The first-order chi connectivity index (χ1) is 15.2. The van der Waals surface area contributed by atoms with E-state index in [1.54, 1.807) is 0 Å². The molecule has 11 nitrogen and oxygen atoms in total. The number of amides is 3. The molecule has 0 saturated heterocycles. The van der Waals surface area contributed by atoms with Gasteiger partial charge in [-0.05, 0) is 5.92 Å². The number of hydrogen-bond donors (Lipinski definition) is 5. The third-order valence-electron chi connectivity index (χ3n) is 4.71. The van der Waals surface area contributed by atoms with Crippen LogP contribution in [0.15, 0.2) is 24.6 Å². The molecule has 32 heavy (non-hydrogen) atoms. The monoisotopic (exact) mass is 454 g/mol. The number of hydrogen-bond acceptors (Lipinski definition) is 8. The number of methoxy groups -OCH3 is 1. The summed E-state index contributed by atoms with van der Waals surface area (Å²) >= 11 is 0. The molecule has 0 aromatic heterocycles. The SMILES string of the molecule is C=C(CN)NCC(=O)N(CC(=O)NCC(=O)NCC(=C)NCC(CC)CC)CC(=O)OC. The van der Waals surface area contributed by atoms with Gasteiger partial charge in [-0.15, -0.1) is 0 Å². The largest absolute Gasteiger partial charge is 0.468 e. The number of ether oxygens (including phenoxy) is 1. The van der Waals surface area contributed by atoms with E-state index < -0.39 is 36.8 Å². The van der Waals surface area contributed by atoms with E-state index in [-0.39, 0.29) is 26.2 Å². The van der Waals surface area contributed by atoms with Gasteiger partial charge < -0.3 is 36.6 Å². The highest BCUT2D eigenvalue weighted by molar-refractivity contribution is 5.90. The summed E-state index contributed by atoms with van der Waals surface area (Å²) in [6.45, 7) is 11.6. The molecule has 0 rings (SSSR count). The van der Waals surface area contributed by atoms with Crippen molar-refractivity contribution < 1.29 is 23.9 Å². The van der Waals surface area contributed by atoms with Crippen molar-refractivity contribution in [1.29, 1.82) is 0 Å². The van der Waals surface area contributed by atoms with Crippen molar-refractivity contribution in [2.45, 2.75) is 26.7 Å². The molecule has 0 aliphatic heterocycles. The summed E-state index contributed by atoms with van der Waals surface area (Å²) in [4.78, 5) is 49.1. The Morgan fingerprint density at radius 2 is 1.50 bits per heavy atom. The Hall–Kier alpha value is -3.08. The van der Waals surface area contributed by atoms with Crippen LogP contribution < -0.4 is 27.0 Å². The van der Waals surface area contributed by atoms with Gasteiger partial charge in [0.15, 0.2) is 0 Å². The van der Waals surface area contributed by atoms with Crippen LogP contribution in [0.3, 0.4) is 0 Å². The van der Waals surface area contributed by atoms with E-state index in [9.17, 15) is 19.2 Å². The zero-order chi connectivity index (χ0) is 24.5. The van der Waals surface area contributed by atoms with Gasteiger partial charge in [0.2, 0.25) is 17.7 Å². The zero-order valence-electron chi connectivity index (χ0n) is 19.4. The number of carbonyl (C=O) groups is 4. The molecular formula is C21H38N6O5. The van der Waals surface area contributed by atoms with Gasteiger partial charge in [-0.1, -0.05) is 39.8 Å². The lowest BCUT2D eigenvalue weighted by Crippen LogP contribution is -2.48. The first-order valence-electron chi connectivity index (χ1n) is 10.6. The molecule has 0 unspecified atom stereocenters. The predicted molar refractivity (Wildman–Crippen MR) is 122 cm³/mol. The smallest absolute Gasteiger partial charge is 0.325 e. The quantitative estimate of drug-likeness (QED) is 0.172. The molecule has 0 radical (unpaired) electrons. The van der Waals surface area contributed by atoms with Crippen molar-refractivity contribution in [3.05, 3.63) is 24.6 Å². The Labute approximate surface area is 190 Å². The molecule has 0 aliphatic carbocycles. The molecule has 3 amide bonds. The van der Waals surface area contributed by atoms with Gasteiger partial charge in [-0.25, -0.2) is 0 Å². The summed E-state index contributed by atoms with van der Waals surface area (Å²) in [7, 11) is 1.18.